The minimum absolute atomic E-state index is 0.00731. The summed E-state index contributed by atoms with van der Waals surface area (Å²) in [7, 11) is 0. The quantitative estimate of drug-likeness (QED) is 0.258. The number of anilines is 2. The topological polar surface area (TPSA) is 75.1 Å². The van der Waals surface area contributed by atoms with Gasteiger partial charge in [0.25, 0.3) is 0 Å². The number of allylic oxidation sites excluding steroid dienone is 1. The molecule has 0 aliphatic carbocycles. The molecule has 6 heteroatoms. The van der Waals surface area contributed by atoms with Crippen LogP contribution in [0, 0.1) is 18.8 Å². The second-order valence-corrected chi connectivity index (χ2v) is 8.57. The third-order valence-electron chi connectivity index (χ3n) is 5.08. The maximum absolute atomic E-state index is 10.9. The first-order valence-electron chi connectivity index (χ1n) is 10.7. The Morgan fingerprint density at radius 1 is 1.09 bits per heavy atom. The lowest BCUT2D eigenvalue weighted by molar-refractivity contribution is -0.136. The van der Waals surface area contributed by atoms with Crippen molar-refractivity contribution in [3.8, 4) is 22.5 Å². The van der Waals surface area contributed by atoms with Crippen LogP contribution >= 0.6 is 11.3 Å². The molecule has 5 nitrogen and oxygen atoms in total. The third-order valence-corrected chi connectivity index (χ3v) is 6.01. The van der Waals surface area contributed by atoms with Crippen LogP contribution in [-0.4, -0.2) is 21.0 Å². The van der Waals surface area contributed by atoms with Crippen molar-refractivity contribution in [3.63, 3.8) is 0 Å². The Hall–Kier alpha value is -4.21. The maximum Gasteiger partial charge on any atom is 0.307 e. The Bertz CT molecular complexity index is 1380. The summed E-state index contributed by atoms with van der Waals surface area (Å²) < 4.78 is 0. The molecule has 0 spiro atoms. The van der Waals surface area contributed by atoms with Crippen molar-refractivity contribution in [2.24, 2.45) is 0 Å². The molecule has 0 saturated heterocycles. The number of rotatable bonds is 7. The molecule has 0 atom stereocenters. The zero-order valence-electron chi connectivity index (χ0n) is 18.7. The van der Waals surface area contributed by atoms with E-state index in [1.54, 1.807) is 23.5 Å². The molecule has 2 aromatic carbocycles. The molecule has 0 radical (unpaired) electrons. The fraction of sp³-hybridized carbons (Fsp3) is 0.107. The van der Waals surface area contributed by atoms with Gasteiger partial charge in [0.1, 0.15) is 5.82 Å². The summed E-state index contributed by atoms with van der Waals surface area (Å²) in [5.74, 6) is 6.87. The van der Waals surface area contributed by atoms with Crippen LogP contribution in [-0.2, 0) is 17.6 Å². The maximum atomic E-state index is 10.9. The highest BCUT2D eigenvalue weighted by molar-refractivity contribution is 7.13. The summed E-state index contributed by atoms with van der Waals surface area (Å²) >= 11 is 1.56. The van der Waals surface area contributed by atoms with Crippen LogP contribution in [0.2, 0.25) is 0 Å². The van der Waals surface area contributed by atoms with Crippen LogP contribution in [0.25, 0.3) is 10.7 Å². The lowest BCUT2D eigenvalue weighted by Crippen LogP contribution is -2.05. The molecule has 0 amide bonds. The number of nitrogens with zero attached hydrogens (tertiary/aromatic N) is 2. The lowest BCUT2D eigenvalue weighted by atomic mass is 10.1. The van der Waals surface area contributed by atoms with Crippen LogP contribution < -0.4 is 5.32 Å². The normalized spacial score (nSPS) is 10.3. The predicted molar refractivity (Wildman–Crippen MR) is 137 cm³/mol. The van der Waals surface area contributed by atoms with Gasteiger partial charge in [-0.25, -0.2) is 9.97 Å². The second kappa shape index (κ2) is 10.6. The van der Waals surface area contributed by atoms with Crippen molar-refractivity contribution in [2.45, 2.75) is 19.8 Å². The zero-order valence-corrected chi connectivity index (χ0v) is 19.5. The van der Waals surface area contributed by atoms with E-state index in [2.05, 4.69) is 23.7 Å². The summed E-state index contributed by atoms with van der Waals surface area (Å²) in [5, 5.41) is 14.4. The highest BCUT2D eigenvalue weighted by Gasteiger charge is 2.14. The Balaban J connectivity index is 1.62. The molecule has 2 N–H and O–H groups in total. The van der Waals surface area contributed by atoms with Crippen LogP contribution in [0.3, 0.4) is 0 Å². The van der Waals surface area contributed by atoms with E-state index in [0.29, 0.717) is 18.1 Å². The van der Waals surface area contributed by atoms with Crippen LogP contribution in [0.4, 0.5) is 11.5 Å². The van der Waals surface area contributed by atoms with Crippen molar-refractivity contribution < 1.29 is 9.90 Å². The highest BCUT2D eigenvalue weighted by atomic mass is 32.1. The summed E-state index contributed by atoms with van der Waals surface area (Å²) in [6, 6.07) is 19.2. The van der Waals surface area contributed by atoms with E-state index in [1.807, 2.05) is 66.9 Å². The minimum atomic E-state index is -0.853. The van der Waals surface area contributed by atoms with Crippen molar-refractivity contribution in [2.75, 3.05) is 5.32 Å². The molecule has 4 rings (SSSR count). The average Bonchev–Trinajstić information content (AvgIpc) is 3.30. The number of carboxylic acid groups (broad SMARTS) is 1. The van der Waals surface area contributed by atoms with Gasteiger partial charge in [-0.05, 0) is 49.2 Å². The van der Waals surface area contributed by atoms with Gasteiger partial charge in [0, 0.05) is 33.5 Å². The van der Waals surface area contributed by atoms with E-state index in [4.69, 9.17) is 15.1 Å². The SMILES string of the molecule is C=CCc1c(C)nc(-c2cc(C#Cc3ccccc3)cs2)nc1Nc1ccc(CC(=O)O)cc1. The Kier molecular flexibility index (Phi) is 7.16. The summed E-state index contributed by atoms with van der Waals surface area (Å²) in [4.78, 5) is 21.4. The van der Waals surface area contributed by atoms with Gasteiger partial charge in [0.2, 0.25) is 0 Å². The van der Waals surface area contributed by atoms with Gasteiger partial charge in [-0.2, -0.15) is 0 Å². The first-order chi connectivity index (χ1) is 16.5. The second-order valence-electron chi connectivity index (χ2n) is 7.66. The van der Waals surface area contributed by atoms with E-state index in [9.17, 15) is 4.79 Å². The number of carboxylic acids is 1. The Morgan fingerprint density at radius 3 is 2.53 bits per heavy atom. The highest BCUT2D eigenvalue weighted by Crippen LogP contribution is 2.29. The number of hydrogen-bond donors (Lipinski definition) is 2. The van der Waals surface area contributed by atoms with E-state index in [-0.39, 0.29) is 6.42 Å². The molecule has 0 aliphatic rings. The van der Waals surface area contributed by atoms with Gasteiger partial charge in [0.15, 0.2) is 5.82 Å². The van der Waals surface area contributed by atoms with E-state index in [1.165, 1.54) is 0 Å². The standard InChI is InChI=1S/C28H23N3O2S/c1-3-7-24-19(2)29-28(25-16-22(18-34-25)11-10-20-8-5-4-6-9-20)31-27(24)30-23-14-12-21(13-15-23)17-26(32)33/h3-6,8-9,12-16,18H,1,7,17H2,2H3,(H,32,33)(H,29,30,31). The number of hydrogen-bond acceptors (Lipinski definition) is 5. The van der Waals surface area contributed by atoms with Crippen LogP contribution in [0.5, 0.6) is 0 Å². The van der Waals surface area contributed by atoms with Gasteiger partial charge in [-0.15, -0.1) is 17.9 Å². The first kappa shape index (κ1) is 23.0. The predicted octanol–water partition coefficient (Wildman–Crippen LogP) is 6.01. The summed E-state index contributed by atoms with van der Waals surface area (Å²) in [5.41, 5.74) is 5.30. The Labute approximate surface area is 202 Å². The molecule has 4 aromatic rings. The summed E-state index contributed by atoms with van der Waals surface area (Å²) in [6.45, 7) is 5.83. The molecule has 0 bridgehead atoms. The zero-order chi connectivity index (χ0) is 23.9. The van der Waals surface area contributed by atoms with Gasteiger partial charge >= 0.3 is 5.97 Å². The minimum Gasteiger partial charge on any atom is -0.481 e. The molecule has 2 heterocycles. The number of aliphatic carboxylic acids is 1. The molecular formula is C28H23N3O2S. The molecule has 0 unspecified atom stereocenters. The number of benzene rings is 2. The van der Waals surface area contributed by atoms with Gasteiger partial charge in [0.05, 0.1) is 11.3 Å². The van der Waals surface area contributed by atoms with Crippen molar-refractivity contribution >= 4 is 28.8 Å². The van der Waals surface area contributed by atoms with Crippen molar-refractivity contribution in [3.05, 3.63) is 107 Å². The number of thiophene rings is 1. The number of nitrogens with one attached hydrogen (secondary N) is 1. The monoisotopic (exact) mass is 465 g/mol. The number of aryl methyl sites for hydroxylation is 1. The molecule has 0 saturated carbocycles. The largest absolute Gasteiger partial charge is 0.481 e. The molecular weight excluding hydrogens is 442 g/mol. The smallest absolute Gasteiger partial charge is 0.307 e. The molecule has 0 fully saturated rings. The molecule has 0 aliphatic heterocycles. The number of aromatic nitrogens is 2. The van der Waals surface area contributed by atoms with E-state index < -0.39 is 5.97 Å². The van der Waals surface area contributed by atoms with E-state index >= 15 is 0 Å². The molecule has 168 valence electrons. The van der Waals surface area contributed by atoms with E-state index in [0.717, 1.165) is 38.5 Å². The van der Waals surface area contributed by atoms with Gasteiger partial charge in [-0.3, -0.25) is 4.79 Å². The summed E-state index contributed by atoms with van der Waals surface area (Å²) in [6.07, 6.45) is 2.45. The third kappa shape index (κ3) is 5.77. The molecule has 34 heavy (non-hydrogen) atoms. The van der Waals surface area contributed by atoms with Crippen LogP contribution in [0.15, 0.2) is 78.7 Å². The first-order valence-corrected chi connectivity index (χ1v) is 11.6. The lowest BCUT2D eigenvalue weighted by Gasteiger charge is -2.14. The van der Waals surface area contributed by atoms with Crippen molar-refractivity contribution in [1.82, 2.24) is 9.97 Å². The average molecular weight is 466 g/mol. The van der Waals surface area contributed by atoms with Gasteiger partial charge < -0.3 is 10.4 Å². The number of carbonyl (C=O) groups is 1. The van der Waals surface area contributed by atoms with Crippen LogP contribution in [0.1, 0.15) is 27.9 Å². The fourth-order valence-electron chi connectivity index (χ4n) is 3.40. The molecule has 2 aromatic heterocycles. The Morgan fingerprint density at radius 2 is 1.82 bits per heavy atom. The fourth-order valence-corrected chi connectivity index (χ4v) is 4.17. The van der Waals surface area contributed by atoms with Crippen molar-refractivity contribution in [1.29, 1.82) is 0 Å². The van der Waals surface area contributed by atoms with Gasteiger partial charge in [-0.1, -0.05) is 48.2 Å².